The van der Waals surface area contributed by atoms with Gasteiger partial charge in [-0.3, -0.25) is 9.78 Å². The molecule has 0 saturated heterocycles. The quantitative estimate of drug-likeness (QED) is 0.841. The maximum absolute atomic E-state index is 11.8. The van der Waals surface area contributed by atoms with Gasteiger partial charge in [-0.1, -0.05) is 19.0 Å². The Kier molecular flexibility index (Phi) is 5.43. The lowest BCUT2D eigenvalue weighted by Crippen LogP contribution is -2.23. The minimum atomic E-state index is -0.0259. The summed E-state index contributed by atoms with van der Waals surface area (Å²) in [6.45, 7) is 4.48. The lowest BCUT2D eigenvalue weighted by molar-refractivity contribution is -0.121. The Morgan fingerprint density at radius 3 is 2.81 bits per heavy atom. The summed E-state index contributed by atoms with van der Waals surface area (Å²) in [4.78, 5) is 19.9. The summed E-state index contributed by atoms with van der Waals surface area (Å²) in [6, 6.07) is 3.81. The summed E-state index contributed by atoms with van der Waals surface area (Å²) >= 11 is 0. The first-order valence-electron chi connectivity index (χ1n) is 7.10. The molecule has 0 bridgehead atoms. The Morgan fingerprint density at radius 1 is 1.33 bits per heavy atom. The van der Waals surface area contributed by atoms with E-state index in [4.69, 9.17) is 4.52 Å². The van der Waals surface area contributed by atoms with Gasteiger partial charge in [0.1, 0.15) is 0 Å². The molecule has 112 valence electrons. The summed E-state index contributed by atoms with van der Waals surface area (Å²) in [5, 5.41) is 6.65. The lowest BCUT2D eigenvalue weighted by atomic mass is 10.1. The van der Waals surface area contributed by atoms with Crippen molar-refractivity contribution in [2.45, 2.75) is 39.7 Å². The van der Waals surface area contributed by atoms with E-state index < -0.39 is 0 Å². The Labute approximate surface area is 124 Å². The molecule has 2 rings (SSSR count). The zero-order valence-corrected chi connectivity index (χ0v) is 12.4. The summed E-state index contributed by atoms with van der Waals surface area (Å²) in [5.74, 6) is 1.57. The summed E-state index contributed by atoms with van der Waals surface area (Å²) in [5.41, 5.74) is 1.10. The van der Waals surface area contributed by atoms with Crippen molar-refractivity contribution in [3.8, 4) is 0 Å². The van der Waals surface area contributed by atoms with Gasteiger partial charge in [-0.2, -0.15) is 4.98 Å². The van der Waals surface area contributed by atoms with E-state index in [-0.39, 0.29) is 5.91 Å². The van der Waals surface area contributed by atoms with Crippen LogP contribution < -0.4 is 5.32 Å². The van der Waals surface area contributed by atoms with Crippen LogP contribution in [0.15, 0.2) is 29.0 Å². The van der Waals surface area contributed by atoms with Gasteiger partial charge in [-0.05, 0) is 30.0 Å². The molecule has 2 aromatic heterocycles. The number of aryl methyl sites for hydroxylation is 1. The van der Waals surface area contributed by atoms with Crippen molar-refractivity contribution in [3.05, 3.63) is 41.8 Å². The van der Waals surface area contributed by atoms with Crippen molar-refractivity contribution in [1.29, 1.82) is 0 Å². The maximum atomic E-state index is 11.8. The zero-order chi connectivity index (χ0) is 15.1. The third kappa shape index (κ3) is 5.33. The first-order valence-corrected chi connectivity index (χ1v) is 7.10. The highest BCUT2D eigenvalue weighted by molar-refractivity contribution is 5.76. The van der Waals surface area contributed by atoms with Gasteiger partial charge >= 0.3 is 0 Å². The molecule has 6 heteroatoms. The number of nitrogens with one attached hydrogen (secondary N) is 1. The van der Waals surface area contributed by atoms with Crippen molar-refractivity contribution in [3.63, 3.8) is 0 Å². The van der Waals surface area contributed by atoms with Crippen molar-refractivity contribution in [2.75, 3.05) is 0 Å². The molecule has 0 aliphatic heterocycles. The predicted molar refractivity (Wildman–Crippen MR) is 77.2 cm³/mol. The van der Waals surface area contributed by atoms with E-state index in [0.29, 0.717) is 37.0 Å². The lowest BCUT2D eigenvalue weighted by Gasteiger charge is -2.02. The van der Waals surface area contributed by atoms with Crippen LogP contribution >= 0.6 is 0 Å². The second kappa shape index (κ2) is 7.52. The van der Waals surface area contributed by atoms with Crippen LogP contribution in [-0.4, -0.2) is 21.0 Å². The van der Waals surface area contributed by atoms with E-state index in [1.807, 2.05) is 12.1 Å². The fourth-order valence-corrected chi connectivity index (χ4v) is 1.87. The number of pyridine rings is 1. The molecule has 21 heavy (non-hydrogen) atoms. The molecule has 2 aromatic rings. The standard InChI is InChI=1S/C15H20N4O2/c1-11(2)9-15-18-13(19-21-15)10-17-14(20)4-3-12-5-7-16-8-6-12/h5-8,11H,3-4,9-10H2,1-2H3,(H,17,20). The molecule has 1 amide bonds. The number of hydrogen-bond acceptors (Lipinski definition) is 5. The number of hydrogen-bond donors (Lipinski definition) is 1. The molecule has 0 radical (unpaired) electrons. The highest BCUT2D eigenvalue weighted by Crippen LogP contribution is 2.05. The van der Waals surface area contributed by atoms with E-state index in [9.17, 15) is 4.79 Å². The first kappa shape index (κ1) is 15.2. The summed E-state index contributed by atoms with van der Waals surface area (Å²) < 4.78 is 5.12. The maximum Gasteiger partial charge on any atom is 0.226 e. The van der Waals surface area contributed by atoms with Crippen LogP contribution in [0.4, 0.5) is 0 Å². The smallest absolute Gasteiger partial charge is 0.226 e. The molecule has 2 heterocycles. The van der Waals surface area contributed by atoms with Crippen molar-refractivity contribution < 1.29 is 9.32 Å². The first-order chi connectivity index (χ1) is 10.1. The van der Waals surface area contributed by atoms with Crippen molar-refractivity contribution >= 4 is 5.91 Å². The summed E-state index contributed by atoms with van der Waals surface area (Å²) in [6.07, 6.45) is 5.33. The molecule has 0 atom stereocenters. The van der Waals surface area contributed by atoms with E-state index in [1.165, 1.54) is 0 Å². The highest BCUT2D eigenvalue weighted by atomic mass is 16.5. The van der Waals surface area contributed by atoms with Crippen LogP contribution in [0.2, 0.25) is 0 Å². The van der Waals surface area contributed by atoms with Gasteiger partial charge < -0.3 is 9.84 Å². The second-order valence-electron chi connectivity index (χ2n) is 5.33. The number of aromatic nitrogens is 3. The van der Waals surface area contributed by atoms with E-state index in [2.05, 4.69) is 34.3 Å². The molecule has 0 saturated carbocycles. The fraction of sp³-hybridized carbons (Fsp3) is 0.467. The van der Waals surface area contributed by atoms with Crippen LogP contribution in [0.5, 0.6) is 0 Å². The molecule has 0 fully saturated rings. The molecule has 0 spiro atoms. The van der Waals surface area contributed by atoms with Gasteiger partial charge in [0.15, 0.2) is 5.82 Å². The van der Waals surface area contributed by atoms with Crippen LogP contribution in [0.3, 0.4) is 0 Å². The third-order valence-corrected chi connectivity index (χ3v) is 2.93. The van der Waals surface area contributed by atoms with Crippen LogP contribution in [0, 0.1) is 5.92 Å². The van der Waals surface area contributed by atoms with Crippen molar-refractivity contribution in [1.82, 2.24) is 20.4 Å². The average Bonchev–Trinajstić information content (AvgIpc) is 2.91. The number of carbonyl (C=O) groups is 1. The normalized spacial score (nSPS) is 10.8. The minimum absolute atomic E-state index is 0.0259. The number of nitrogens with zero attached hydrogens (tertiary/aromatic N) is 3. The van der Waals surface area contributed by atoms with Gasteiger partial charge in [0.05, 0.1) is 6.54 Å². The highest BCUT2D eigenvalue weighted by Gasteiger charge is 2.09. The molecule has 0 aliphatic rings. The van der Waals surface area contributed by atoms with Gasteiger partial charge in [0.2, 0.25) is 11.8 Å². The molecule has 0 aliphatic carbocycles. The molecule has 1 N–H and O–H groups in total. The number of amides is 1. The minimum Gasteiger partial charge on any atom is -0.349 e. The van der Waals surface area contributed by atoms with Crippen LogP contribution in [0.25, 0.3) is 0 Å². The SMILES string of the molecule is CC(C)Cc1nc(CNC(=O)CCc2ccncc2)no1. The Hall–Kier alpha value is -2.24. The van der Waals surface area contributed by atoms with Crippen molar-refractivity contribution in [2.24, 2.45) is 5.92 Å². The Balaban J connectivity index is 1.72. The second-order valence-corrected chi connectivity index (χ2v) is 5.33. The van der Waals surface area contributed by atoms with Gasteiger partial charge in [0.25, 0.3) is 0 Å². The van der Waals surface area contributed by atoms with E-state index >= 15 is 0 Å². The average molecular weight is 288 g/mol. The largest absolute Gasteiger partial charge is 0.349 e. The Morgan fingerprint density at radius 2 is 2.10 bits per heavy atom. The van der Waals surface area contributed by atoms with E-state index in [0.717, 1.165) is 12.0 Å². The predicted octanol–water partition coefficient (Wildman–Crippen LogP) is 1.91. The summed E-state index contributed by atoms with van der Waals surface area (Å²) in [7, 11) is 0. The number of carbonyl (C=O) groups excluding carboxylic acids is 1. The third-order valence-electron chi connectivity index (χ3n) is 2.93. The monoisotopic (exact) mass is 288 g/mol. The molecule has 0 unspecified atom stereocenters. The van der Waals surface area contributed by atoms with Gasteiger partial charge in [-0.25, -0.2) is 0 Å². The molecule has 0 aromatic carbocycles. The molecular formula is C15H20N4O2. The van der Waals surface area contributed by atoms with Gasteiger partial charge in [0, 0.05) is 25.2 Å². The number of rotatable bonds is 7. The molecule has 6 nitrogen and oxygen atoms in total. The van der Waals surface area contributed by atoms with Crippen LogP contribution in [0.1, 0.15) is 37.5 Å². The topological polar surface area (TPSA) is 80.9 Å². The van der Waals surface area contributed by atoms with Gasteiger partial charge in [-0.15, -0.1) is 0 Å². The zero-order valence-electron chi connectivity index (χ0n) is 12.4. The molecular weight excluding hydrogens is 268 g/mol. The van der Waals surface area contributed by atoms with E-state index in [1.54, 1.807) is 12.4 Å². The fourth-order valence-electron chi connectivity index (χ4n) is 1.87. The van der Waals surface area contributed by atoms with Crippen LogP contribution in [-0.2, 0) is 24.2 Å². The Bertz CT molecular complexity index is 566.